The van der Waals surface area contributed by atoms with Crippen LogP contribution in [0.2, 0.25) is 0 Å². The maximum atomic E-state index is 6.28. The minimum absolute atomic E-state index is 0.0461. The number of ether oxygens (including phenoxy) is 4. The topological polar surface area (TPSA) is 36.9 Å². The Morgan fingerprint density at radius 1 is 0.840 bits per heavy atom. The van der Waals surface area contributed by atoms with E-state index in [1.165, 1.54) is 0 Å². The molecule has 0 spiro atoms. The van der Waals surface area contributed by atoms with Crippen LogP contribution >= 0.6 is 0 Å². The van der Waals surface area contributed by atoms with Crippen LogP contribution in [0.3, 0.4) is 0 Å². The van der Waals surface area contributed by atoms with Gasteiger partial charge in [-0.05, 0) is 11.1 Å². The molecule has 0 amide bonds. The highest BCUT2D eigenvalue weighted by atomic mass is 16.7. The number of fused-ring (bicyclic) bond motifs is 2. The third kappa shape index (κ3) is 3.77. The molecule has 2 aliphatic heterocycles. The maximum absolute atomic E-state index is 6.28. The highest BCUT2D eigenvalue weighted by Gasteiger charge is 2.50. The van der Waals surface area contributed by atoms with E-state index in [0.29, 0.717) is 19.8 Å². The Hall–Kier alpha value is -1.72. The summed E-state index contributed by atoms with van der Waals surface area (Å²) in [6.45, 7) is 3.80. The Labute approximate surface area is 148 Å². The molecule has 0 aliphatic carbocycles. The molecule has 2 unspecified atom stereocenters. The van der Waals surface area contributed by atoms with Gasteiger partial charge in [0.2, 0.25) is 0 Å². The van der Waals surface area contributed by atoms with Crippen molar-refractivity contribution in [1.29, 1.82) is 0 Å². The molecule has 2 aromatic carbocycles. The lowest BCUT2D eigenvalue weighted by Gasteiger charge is -2.39. The molecule has 5 atom stereocenters. The molecule has 4 nitrogen and oxygen atoms in total. The minimum Gasteiger partial charge on any atom is -0.370 e. The minimum atomic E-state index is -0.192. The second-order valence-corrected chi connectivity index (χ2v) is 6.76. The van der Waals surface area contributed by atoms with Gasteiger partial charge in [-0.25, -0.2) is 0 Å². The lowest BCUT2D eigenvalue weighted by molar-refractivity contribution is -0.230. The summed E-state index contributed by atoms with van der Waals surface area (Å²) < 4.78 is 24.3. The molecule has 0 saturated carbocycles. The first-order chi connectivity index (χ1) is 12.3. The van der Waals surface area contributed by atoms with Crippen LogP contribution < -0.4 is 0 Å². The lowest BCUT2D eigenvalue weighted by atomic mass is 9.93. The summed E-state index contributed by atoms with van der Waals surface area (Å²) in [5.41, 5.74) is 2.31. The predicted octanol–water partition coefficient (Wildman–Crippen LogP) is 3.55. The molecule has 2 heterocycles. The van der Waals surface area contributed by atoms with Crippen molar-refractivity contribution in [1.82, 2.24) is 0 Å². The quantitative estimate of drug-likeness (QED) is 0.806. The van der Waals surface area contributed by atoms with Gasteiger partial charge in [0, 0.05) is 5.92 Å². The number of hydrogen-bond donors (Lipinski definition) is 0. The van der Waals surface area contributed by atoms with Gasteiger partial charge in [-0.2, -0.15) is 0 Å². The fourth-order valence-electron chi connectivity index (χ4n) is 3.54. The van der Waals surface area contributed by atoms with Crippen molar-refractivity contribution >= 4 is 0 Å². The van der Waals surface area contributed by atoms with Crippen LogP contribution in [0.1, 0.15) is 18.1 Å². The third-order valence-electron chi connectivity index (χ3n) is 4.94. The van der Waals surface area contributed by atoms with Gasteiger partial charge in [0.1, 0.15) is 12.2 Å². The van der Waals surface area contributed by atoms with Crippen LogP contribution in [-0.4, -0.2) is 31.2 Å². The largest absolute Gasteiger partial charge is 0.370 e. The van der Waals surface area contributed by atoms with E-state index in [9.17, 15) is 0 Å². The Balaban J connectivity index is 1.45. The number of hydrogen-bond acceptors (Lipinski definition) is 4. The van der Waals surface area contributed by atoms with E-state index in [1.807, 2.05) is 36.4 Å². The zero-order valence-electron chi connectivity index (χ0n) is 14.4. The summed E-state index contributed by atoms with van der Waals surface area (Å²) in [6.07, 6.45) is -0.430. The second-order valence-electron chi connectivity index (χ2n) is 6.76. The van der Waals surface area contributed by atoms with Crippen molar-refractivity contribution in [2.45, 2.75) is 44.7 Å². The molecule has 2 bridgehead atoms. The second kappa shape index (κ2) is 7.67. The van der Waals surface area contributed by atoms with Crippen LogP contribution in [0, 0.1) is 5.92 Å². The van der Waals surface area contributed by atoms with E-state index in [1.54, 1.807) is 0 Å². The summed E-state index contributed by atoms with van der Waals surface area (Å²) in [5, 5.41) is 0. The first-order valence-electron chi connectivity index (χ1n) is 8.89. The smallest absolute Gasteiger partial charge is 0.163 e. The predicted molar refractivity (Wildman–Crippen MR) is 93.8 cm³/mol. The fraction of sp³-hybridized carbons (Fsp3) is 0.429. The van der Waals surface area contributed by atoms with Crippen LogP contribution in [-0.2, 0) is 32.2 Å². The van der Waals surface area contributed by atoms with Crippen molar-refractivity contribution in [3.63, 3.8) is 0 Å². The molecular formula is C21H24O4. The van der Waals surface area contributed by atoms with E-state index in [2.05, 4.69) is 31.2 Å². The third-order valence-corrected chi connectivity index (χ3v) is 4.94. The molecular weight excluding hydrogens is 316 g/mol. The van der Waals surface area contributed by atoms with Crippen molar-refractivity contribution in [2.24, 2.45) is 5.92 Å². The van der Waals surface area contributed by atoms with Gasteiger partial charge >= 0.3 is 0 Å². The van der Waals surface area contributed by atoms with Gasteiger partial charge in [0.05, 0.1) is 25.9 Å². The van der Waals surface area contributed by atoms with Crippen LogP contribution in [0.5, 0.6) is 0 Å². The molecule has 2 saturated heterocycles. The number of rotatable bonds is 6. The molecule has 25 heavy (non-hydrogen) atoms. The molecule has 2 aliphatic rings. The first-order valence-corrected chi connectivity index (χ1v) is 8.89. The molecule has 4 heteroatoms. The van der Waals surface area contributed by atoms with Crippen LogP contribution in [0.25, 0.3) is 0 Å². The first kappa shape index (κ1) is 16.7. The zero-order chi connectivity index (χ0) is 17.1. The zero-order valence-corrected chi connectivity index (χ0v) is 14.4. The van der Waals surface area contributed by atoms with Gasteiger partial charge in [0.15, 0.2) is 6.29 Å². The Morgan fingerprint density at radius 2 is 1.40 bits per heavy atom. The Kier molecular flexibility index (Phi) is 5.13. The van der Waals surface area contributed by atoms with Gasteiger partial charge in [-0.1, -0.05) is 67.6 Å². The summed E-state index contributed by atoms with van der Waals surface area (Å²) in [6, 6.07) is 20.4. The summed E-state index contributed by atoms with van der Waals surface area (Å²) in [4.78, 5) is 0. The van der Waals surface area contributed by atoms with E-state index < -0.39 is 0 Å². The van der Waals surface area contributed by atoms with E-state index in [0.717, 1.165) is 11.1 Å². The SMILES string of the molecule is C[C@@H]1C2OC[C@@H](O2)[C@@H](OCc2ccccc2)C1OCc1ccccc1. The average Bonchev–Trinajstić information content (AvgIpc) is 3.11. The van der Waals surface area contributed by atoms with Crippen molar-refractivity contribution in [2.75, 3.05) is 6.61 Å². The lowest BCUT2D eigenvalue weighted by Crippen LogP contribution is -2.52. The molecule has 0 radical (unpaired) electrons. The molecule has 4 rings (SSSR count). The molecule has 2 aromatic rings. The Bertz CT molecular complexity index is 617. The Morgan fingerprint density at radius 3 is 2.00 bits per heavy atom. The van der Waals surface area contributed by atoms with Gasteiger partial charge in [0.25, 0.3) is 0 Å². The average molecular weight is 340 g/mol. The summed E-state index contributed by atoms with van der Waals surface area (Å²) in [5.74, 6) is 0.128. The standard InChI is InChI=1S/C21H24O4/c1-15-19(22-12-16-8-4-2-5-9-16)20(18-14-24-21(15)25-18)23-13-17-10-6-3-7-11-17/h2-11,15,18-21H,12-14H2,1H3/t15-,18+,19?,20+,21?/m0/s1. The molecule has 132 valence electrons. The highest BCUT2D eigenvalue weighted by Crippen LogP contribution is 2.36. The van der Waals surface area contributed by atoms with Gasteiger partial charge in [-0.3, -0.25) is 0 Å². The molecule has 0 N–H and O–H groups in total. The fourth-order valence-corrected chi connectivity index (χ4v) is 3.54. The molecule has 2 fully saturated rings. The van der Waals surface area contributed by atoms with Crippen LogP contribution in [0.15, 0.2) is 60.7 Å². The monoisotopic (exact) mass is 340 g/mol. The number of benzene rings is 2. The maximum Gasteiger partial charge on any atom is 0.163 e. The van der Waals surface area contributed by atoms with Gasteiger partial charge in [-0.15, -0.1) is 0 Å². The summed E-state index contributed by atoms with van der Waals surface area (Å²) in [7, 11) is 0. The van der Waals surface area contributed by atoms with Crippen molar-refractivity contribution < 1.29 is 18.9 Å². The van der Waals surface area contributed by atoms with Gasteiger partial charge < -0.3 is 18.9 Å². The highest BCUT2D eigenvalue weighted by molar-refractivity contribution is 5.14. The van der Waals surface area contributed by atoms with E-state index in [4.69, 9.17) is 18.9 Å². The normalized spacial score (nSPS) is 31.2. The van der Waals surface area contributed by atoms with Crippen LogP contribution in [0.4, 0.5) is 0 Å². The molecule has 0 aromatic heterocycles. The van der Waals surface area contributed by atoms with E-state index >= 15 is 0 Å². The van der Waals surface area contributed by atoms with E-state index in [-0.39, 0.29) is 30.5 Å². The van der Waals surface area contributed by atoms with Crippen molar-refractivity contribution in [3.8, 4) is 0 Å². The summed E-state index contributed by atoms with van der Waals surface area (Å²) >= 11 is 0. The van der Waals surface area contributed by atoms with Crippen molar-refractivity contribution in [3.05, 3.63) is 71.8 Å².